The van der Waals surface area contributed by atoms with Gasteiger partial charge < -0.3 is 9.84 Å². The first-order chi connectivity index (χ1) is 13.5. The lowest BCUT2D eigenvalue weighted by Gasteiger charge is -2.15. The Morgan fingerprint density at radius 1 is 1.21 bits per heavy atom. The van der Waals surface area contributed by atoms with Gasteiger partial charge in [0.1, 0.15) is 5.69 Å². The van der Waals surface area contributed by atoms with Crippen molar-refractivity contribution in [3.63, 3.8) is 0 Å². The van der Waals surface area contributed by atoms with Crippen molar-refractivity contribution in [2.75, 3.05) is 12.4 Å². The van der Waals surface area contributed by atoms with Crippen LogP contribution in [0.2, 0.25) is 0 Å². The zero-order chi connectivity index (χ0) is 20.3. The summed E-state index contributed by atoms with van der Waals surface area (Å²) in [6, 6.07) is 10.9. The number of nitrogens with one attached hydrogen (secondary N) is 2. The van der Waals surface area contributed by atoms with E-state index in [1.54, 1.807) is 4.68 Å². The average Bonchev–Trinajstić information content (AvgIpc) is 3.32. The monoisotopic (exact) mass is 381 g/mol. The van der Waals surface area contributed by atoms with Gasteiger partial charge in [0.15, 0.2) is 5.69 Å². The molecule has 146 valence electrons. The fourth-order valence-corrected chi connectivity index (χ4v) is 2.95. The summed E-state index contributed by atoms with van der Waals surface area (Å²) in [7, 11) is 1.52. The summed E-state index contributed by atoms with van der Waals surface area (Å²) in [5.74, 6) is -0.493. The summed E-state index contributed by atoms with van der Waals surface area (Å²) in [4.78, 5) is 25.0. The molecule has 2 heterocycles. The van der Waals surface area contributed by atoms with E-state index in [9.17, 15) is 9.59 Å². The van der Waals surface area contributed by atoms with Crippen molar-refractivity contribution in [1.29, 1.82) is 0 Å². The quantitative estimate of drug-likeness (QED) is 0.683. The van der Waals surface area contributed by atoms with Crippen molar-refractivity contribution in [1.82, 2.24) is 20.3 Å². The number of rotatable bonds is 6. The van der Waals surface area contributed by atoms with E-state index in [1.807, 2.05) is 51.1 Å². The van der Waals surface area contributed by atoms with Gasteiger partial charge in [-0.05, 0) is 25.8 Å². The minimum absolute atomic E-state index is 0.166. The van der Waals surface area contributed by atoms with Gasteiger partial charge in [-0.15, -0.1) is 0 Å². The Kier molecular flexibility index (Phi) is 5.58. The molecular formula is C20H23N5O3. The van der Waals surface area contributed by atoms with Crippen molar-refractivity contribution in [2.45, 2.75) is 33.2 Å². The van der Waals surface area contributed by atoms with E-state index in [-0.39, 0.29) is 23.3 Å². The van der Waals surface area contributed by atoms with Crippen LogP contribution in [0.15, 0.2) is 40.9 Å². The SMILES string of the molecule is CCc1noc(NC(=O)c2cc(C(=O)NC)nn2C(C)c2ccccc2)c1C. The Balaban J connectivity index is 1.98. The van der Waals surface area contributed by atoms with E-state index in [2.05, 4.69) is 20.9 Å². The van der Waals surface area contributed by atoms with Crippen LogP contribution in [0.25, 0.3) is 0 Å². The van der Waals surface area contributed by atoms with Gasteiger partial charge in [-0.3, -0.25) is 19.6 Å². The van der Waals surface area contributed by atoms with E-state index >= 15 is 0 Å². The topological polar surface area (TPSA) is 102 Å². The van der Waals surface area contributed by atoms with Crippen LogP contribution >= 0.6 is 0 Å². The van der Waals surface area contributed by atoms with Crippen LogP contribution in [0.3, 0.4) is 0 Å². The van der Waals surface area contributed by atoms with E-state index in [1.165, 1.54) is 13.1 Å². The normalized spacial score (nSPS) is 11.9. The molecule has 0 aliphatic heterocycles. The molecule has 2 N–H and O–H groups in total. The standard InChI is InChI=1S/C20H23N5O3/c1-5-15-12(2)20(28-24-15)22-19(27)17-11-16(18(26)21-4)23-25(17)13(3)14-9-7-6-8-10-14/h6-11,13H,5H2,1-4H3,(H,21,26)(H,22,27). The van der Waals surface area contributed by atoms with Crippen LogP contribution in [-0.4, -0.2) is 33.8 Å². The first kappa shape index (κ1) is 19.3. The summed E-state index contributed by atoms with van der Waals surface area (Å²) < 4.78 is 6.79. The Labute approximate surface area is 162 Å². The Hall–Kier alpha value is -3.42. The molecule has 1 unspecified atom stereocenters. The number of hydrogen-bond acceptors (Lipinski definition) is 5. The van der Waals surface area contributed by atoms with E-state index < -0.39 is 5.91 Å². The summed E-state index contributed by atoms with van der Waals surface area (Å²) in [5.41, 5.74) is 2.95. The van der Waals surface area contributed by atoms with Gasteiger partial charge in [0, 0.05) is 18.7 Å². The second-order valence-electron chi connectivity index (χ2n) is 6.42. The Morgan fingerprint density at radius 2 is 1.93 bits per heavy atom. The molecule has 8 nitrogen and oxygen atoms in total. The molecule has 3 aromatic rings. The number of amides is 2. The minimum Gasteiger partial charge on any atom is -0.354 e. The van der Waals surface area contributed by atoms with E-state index in [4.69, 9.17) is 4.52 Å². The highest BCUT2D eigenvalue weighted by atomic mass is 16.5. The molecule has 0 aliphatic carbocycles. The molecular weight excluding hydrogens is 358 g/mol. The molecule has 1 aromatic carbocycles. The van der Waals surface area contributed by atoms with Crippen molar-refractivity contribution < 1.29 is 14.1 Å². The molecule has 3 rings (SSSR count). The van der Waals surface area contributed by atoms with Gasteiger partial charge in [0.05, 0.1) is 11.7 Å². The van der Waals surface area contributed by atoms with Gasteiger partial charge in [0.2, 0.25) is 5.88 Å². The van der Waals surface area contributed by atoms with Gasteiger partial charge in [-0.25, -0.2) is 0 Å². The number of hydrogen-bond donors (Lipinski definition) is 2. The summed E-state index contributed by atoms with van der Waals surface area (Å²) in [5, 5.41) is 13.6. The number of anilines is 1. The van der Waals surface area contributed by atoms with Gasteiger partial charge >= 0.3 is 0 Å². The van der Waals surface area contributed by atoms with Gasteiger partial charge in [0.25, 0.3) is 11.8 Å². The van der Waals surface area contributed by atoms with Gasteiger partial charge in [-0.2, -0.15) is 5.10 Å². The zero-order valence-electron chi connectivity index (χ0n) is 16.3. The van der Waals surface area contributed by atoms with Crippen LogP contribution in [-0.2, 0) is 6.42 Å². The molecule has 8 heteroatoms. The number of nitrogens with zero attached hydrogens (tertiary/aromatic N) is 3. The maximum atomic E-state index is 13.0. The predicted molar refractivity (Wildman–Crippen MR) is 104 cm³/mol. The highest BCUT2D eigenvalue weighted by Crippen LogP contribution is 2.23. The van der Waals surface area contributed by atoms with Crippen LogP contribution in [0, 0.1) is 6.92 Å². The molecule has 2 aromatic heterocycles. The molecule has 2 amide bonds. The maximum Gasteiger partial charge on any atom is 0.276 e. The molecule has 28 heavy (non-hydrogen) atoms. The van der Waals surface area contributed by atoms with Crippen LogP contribution in [0.5, 0.6) is 0 Å². The highest BCUT2D eigenvalue weighted by molar-refractivity contribution is 6.04. The van der Waals surface area contributed by atoms with Crippen molar-refractivity contribution in [2.24, 2.45) is 0 Å². The largest absolute Gasteiger partial charge is 0.354 e. The van der Waals surface area contributed by atoms with E-state index in [0.29, 0.717) is 12.3 Å². The molecule has 0 fully saturated rings. The first-order valence-electron chi connectivity index (χ1n) is 9.09. The van der Waals surface area contributed by atoms with Gasteiger partial charge in [-0.1, -0.05) is 42.4 Å². The predicted octanol–water partition coefficient (Wildman–Crippen LogP) is 2.96. The minimum atomic E-state index is -0.424. The molecule has 0 saturated carbocycles. The van der Waals surface area contributed by atoms with Crippen molar-refractivity contribution in [3.8, 4) is 0 Å². The average molecular weight is 381 g/mol. The fourth-order valence-electron chi connectivity index (χ4n) is 2.95. The number of carbonyl (C=O) groups is 2. The number of benzene rings is 1. The lowest BCUT2D eigenvalue weighted by atomic mass is 10.1. The molecule has 0 bridgehead atoms. The third-order valence-corrected chi connectivity index (χ3v) is 4.66. The third kappa shape index (κ3) is 3.66. The molecule has 0 spiro atoms. The Morgan fingerprint density at radius 3 is 2.54 bits per heavy atom. The smallest absolute Gasteiger partial charge is 0.276 e. The second-order valence-corrected chi connectivity index (χ2v) is 6.42. The van der Waals surface area contributed by atoms with Crippen molar-refractivity contribution in [3.05, 3.63) is 64.6 Å². The maximum absolute atomic E-state index is 13.0. The third-order valence-electron chi connectivity index (χ3n) is 4.66. The van der Waals surface area contributed by atoms with Crippen LogP contribution in [0.4, 0.5) is 5.88 Å². The number of carbonyl (C=O) groups excluding carboxylic acids is 2. The summed E-state index contributed by atoms with van der Waals surface area (Å²) in [6.45, 7) is 5.72. The van der Waals surface area contributed by atoms with Crippen LogP contribution < -0.4 is 10.6 Å². The van der Waals surface area contributed by atoms with Crippen molar-refractivity contribution >= 4 is 17.7 Å². The highest BCUT2D eigenvalue weighted by Gasteiger charge is 2.24. The first-order valence-corrected chi connectivity index (χ1v) is 9.09. The van der Waals surface area contributed by atoms with E-state index in [0.717, 1.165) is 16.8 Å². The molecule has 0 aliphatic rings. The lowest BCUT2D eigenvalue weighted by molar-refractivity contribution is 0.0956. The summed E-state index contributed by atoms with van der Waals surface area (Å²) in [6.07, 6.45) is 0.703. The fraction of sp³-hybridized carbons (Fsp3) is 0.300. The summed E-state index contributed by atoms with van der Waals surface area (Å²) >= 11 is 0. The van der Waals surface area contributed by atoms with Crippen LogP contribution in [0.1, 0.15) is 57.7 Å². The zero-order valence-corrected chi connectivity index (χ0v) is 16.3. The second kappa shape index (κ2) is 8.08. The number of aryl methyl sites for hydroxylation is 1. The molecule has 0 saturated heterocycles. The number of aromatic nitrogens is 3. The lowest BCUT2D eigenvalue weighted by Crippen LogP contribution is -2.21. The molecule has 1 atom stereocenters. The Bertz CT molecular complexity index is 991. The molecule has 0 radical (unpaired) electrons.